The van der Waals surface area contributed by atoms with Crippen LogP contribution in [0, 0.1) is 0 Å². The minimum Gasteiger partial charge on any atom is -0.480 e. The van der Waals surface area contributed by atoms with Crippen LogP contribution in [0.5, 0.6) is 11.5 Å². The third kappa shape index (κ3) is 5.54. The van der Waals surface area contributed by atoms with E-state index in [1.54, 1.807) is 0 Å². The summed E-state index contributed by atoms with van der Waals surface area (Å²) in [7, 11) is -4.12. The molecule has 0 heterocycles. The van der Waals surface area contributed by atoms with Crippen LogP contribution in [0.3, 0.4) is 0 Å². The summed E-state index contributed by atoms with van der Waals surface area (Å²) in [5.74, 6) is -1.96. The lowest BCUT2D eigenvalue weighted by molar-refractivity contribution is -0.140. The summed E-state index contributed by atoms with van der Waals surface area (Å²) in [5, 5.41) is 11.9. The van der Waals surface area contributed by atoms with Crippen molar-refractivity contribution < 1.29 is 36.2 Å². The Labute approximate surface area is 170 Å². The SMILES string of the molecule is CCS(=O)(=O)c1ccc(Oc2cc(Cl)ccc2N[C@@H](C)C(=O)O)cc1C(F)(F)F. The highest BCUT2D eigenvalue weighted by molar-refractivity contribution is 7.91. The number of carboxylic acids is 1. The lowest BCUT2D eigenvalue weighted by atomic mass is 10.2. The highest BCUT2D eigenvalue weighted by Gasteiger charge is 2.37. The quantitative estimate of drug-likeness (QED) is 0.626. The van der Waals surface area contributed by atoms with Gasteiger partial charge in [0.25, 0.3) is 0 Å². The van der Waals surface area contributed by atoms with E-state index in [2.05, 4.69) is 5.32 Å². The molecule has 2 aromatic rings. The first-order chi connectivity index (χ1) is 13.3. The van der Waals surface area contributed by atoms with Gasteiger partial charge >= 0.3 is 12.1 Å². The predicted molar refractivity (Wildman–Crippen MR) is 101 cm³/mol. The van der Waals surface area contributed by atoms with Crippen molar-refractivity contribution in [3.63, 3.8) is 0 Å². The molecule has 2 rings (SSSR count). The Morgan fingerprint density at radius 1 is 1.24 bits per heavy atom. The minimum atomic E-state index is -4.93. The van der Waals surface area contributed by atoms with Gasteiger partial charge in [0.2, 0.25) is 0 Å². The number of anilines is 1. The van der Waals surface area contributed by atoms with Gasteiger partial charge in [0.1, 0.15) is 11.8 Å². The third-order valence-electron chi connectivity index (χ3n) is 3.89. The maximum absolute atomic E-state index is 13.4. The van der Waals surface area contributed by atoms with Gasteiger partial charge in [0.05, 0.1) is 21.9 Å². The Balaban J connectivity index is 2.50. The highest BCUT2D eigenvalue weighted by Crippen LogP contribution is 2.39. The number of carboxylic acid groups (broad SMARTS) is 1. The first-order valence-electron chi connectivity index (χ1n) is 8.26. The van der Waals surface area contributed by atoms with Crippen LogP contribution in [0.25, 0.3) is 0 Å². The molecule has 6 nitrogen and oxygen atoms in total. The monoisotopic (exact) mass is 451 g/mol. The lowest BCUT2D eigenvalue weighted by Gasteiger charge is -2.18. The molecule has 0 saturated carbocycles. The number of ether oxygens (including phenoxy) is 1. The Bertz CT molecular complexity index is 1020. The Morgan fingerprint density at radius 3 is 2.45 bits per heavy atom. The van der Waals surface area contributed by atoms with E-state index >= 15 is 0 Å². The average Bonchev–Trinajstić information content (AvgIpc) is 2.62. The highest BCUT2D eigenvalue weighted by atomic mass is 35.5. The minimum absolute atomic E-state index is 0.0233. The Hall–Kier alpha value is -2.46. The number of halogens is 4. The van der Waals surface area contributed by atoms with E-state index in [1.807, 2.05) is 0 Å². The molecule has 11 heteroatoms. The molecule has 2 aromatic carbocycles. The summed E-state index contributed by atoms with van der Waals surface area (Å²) in [6.45, 7) is 2.61. The topological polar surface area (TPSA) is 92.7 Å². The second-order valence-electron chi connectivity index (χ2n) is 6.01. The molecule has 0 aromatic heterocycles. The van der Waals surface area contributed by atoms with Crippen LogP contribution in [0.2, 0.25) is 5.02 Å². The summed E-state index contributed by atoms with van der Waals surface area (Å²) in [6, 6.07) is 5.64. The number of aliphatic carboxylic acids is 1. The largest absolute Gasteiger partial charge is 0.480 e. The van der Waals surface area contributed by atoms with E-state index in [4.69, 9.17) is 21.4 Å². The number of nitrogens with one attached hydrogen (secondary N) is 1. The van der Waals surface area contributed by atoms with Gasteiger partial charge in [-0.3, -0.25) is 4.79 Å². The molecule has 0 spiro atoms. The van der Waals surface area contributed by atoms with Crippen molar-refractivity contribution in [1.82, 2.24) is 0 Å². The maximum atomic E-state index is 13.4. The van der Waals surface area contributed by atoms with Gasteiger partial charge in [0, 0.05) is 11.1 Å². The van der Waals surface area contributed by atoms with Gasteiger partial charge in [0.15, 0.2) is 15.6 Å². The van der Waals surface area contributed by atoms with Crippen LogP contribution >= 0.6 is 11.6 Å². The molecule has 29 heavy (non-hydrogen) atoms. The first kappa shape index (κ1) is 22.8. The van der Waals surface area contributed by atoms with Crippen molar-refractivity contribution in [2.45, 2.75) is 31.0 Å². The van der Waals surface area contributed by atoms with Crippen LogP contribution in [0.15, 0.2) is 41.3 Å². The molecule has 0 amide bonds. The second-order valence-corrected chi connectivity index (χ2v) is 8.69. The van der Waals surface area contributed by atoms with Crippen molar-refractivity contribution in [2.75, 3.05) is 11.1 Å². The molecule has 2 N–H and O–H groups in total. The molecule has 0 aliphatic carbocycles. The van der Waals surface area contributed by atoms with Gasteiger partial charge in [-0.25, -0.2) is 8.42 Å². The predicted octanol–water partition coefficient (Wildman–Crippen LogP) is 4.83. The molecule has 0 aliphatic heterocycles. The fourth-order valence-corrected chi connectivity index (χ4v) is 3.60. The molecule has 0 unspecified atom stereocenters. The molecule has 0 radical (unpaired) electrons. The molecule has 0 fully saturated rings. The fourth-order valence-electron chi connectivity index (χ4n) is 2.34. The zero-order valence-corrected chi connectivity index (χ0v) is 16.8. The summed E-state index contributed by atoms with van der Waals surface area (Å²) in [4.78, 5) is 10.2. The number of rotatable bonds is 7. The molecule has 1 atom stereocenters. The number of hydrogen-bond donors (Lipinski definition) is 2. The molecule has 0 saturated heterocycles. The van der Waals surface area contributed by atoms with Crippen molar-refractivity contribution in [1.29, 1.82) is 0 Å². The summed E-state index contributed by atoms with van der Waals surface area (Å²) >= 11 is 5.91. The van der Waals surface area contributed by atoms with Crippen molar-refractivity contribution in [3.05, 3.63) is 47.0 Å². The van der Waals surface area contributed by atoms with E-state index in [-0.39, 0.29) is 22.2 Å². The molecule has 158 valence electrons. The van der Waals surface area contributed by atoms with Crippen molar-refractivity contribution in [3.8, 4) is 11.5 Å². The first-order valence-corrected chi connectivity index (χ1v) is 10.3. The second kappa shape index (κ2) is 8.50. The number of carbonyl (C=O) groups is 1. The number of alkyl halides is 3. The van der Waals surface area contributed by atoms with Gasteiger partial charge in [-0.15, -0.1) is 0 Å². The average molecular weight is 452 g/mol. The number of sulfone groups is 1. The molecule has 0 aliphatic rings. The third-order valence-corrected chi connectivity index (χ3v) is 5.91. The van der Waals surface area contributed by atoms with E-state index in [9.17, 15) is 26.4 Å². The lowest BCUT2D eigenvalue weighted by Crippen LogP contribution is -2.25. The van der Waals surface area contributed by atoms with Crippen molar-refractivity contribution >= 4 is 33.1 Å². The van der Waals surface area contributed by atoms with Gasteiger partial charge in [-0.2, -0.15) is 13.2 Å². The molecular formula is C18H17ClF3NO5S. The van der Waals surface area contributed by atoms with Crippen LogP contribution in [0.4, 0.5) is 18.9 Å². The van der Waals surface area contributed by atoms with Crippen LogP contribution in [-0.4, -0.2) is 31.3 Å². The normalized spacial score (nSPS) is 13.0. The van der Waals surface area contributed by atoms with Gasteiger partial charge in [-0.1, -0.05) is 18.5 Å². The Kier molecular flexibility index (Phi) is 6.69. The number of benzene rings is 2. The van der Waals surface area contributed by atoms with Crippen molar-refractivity contribution in [2.24, 2.45) is 0 Å². The van der Waals surface area contributed by atoms with Gasteiger partial charge in [-0.05, 0) is 37.3 Å². The molecular weight excluding hydrogens is 435 g/mol. The summed E-state index contributed by atoms with van der Waals surface area (Å²) < 4.78 is 69.7. The van der Waals surface area contributed by atoms with Gasteiger partial charge < -0.3 is 15.2 Å². The van der Waals surface area contributed by atoms with E-state index in [1.165, 1.54) is 32.0 Å². The summed E-state index contributed by atoms with van der Waals surface area (Å²) in [5.41, 5.74) is -1.17. The van der Waals surface area contributed by atoms with Crippen LogP contribution in [0.1, 0.15) is 19.4 Å². The summed E-state index contributed by atoms with van der Waals surface area (Å²) in [6.07, 6.45) is -4.93. The maximum Gasteiger partial charge on any atom is 0.417 e. The smallest absolute Gasteiger partial charge is 0.417 e. The van der Waals surface area contributed by atoms with E-state index in [0.29, 0.717) is 6.07 Å². The Morgan fingerprint density at radius 2 is 1.90 bits per heavy atom. The zero-order valence-electron chi connectivity index (χ0n) is 15.2. The molecule has 0 bridgehead atoms. The number of hydrogen-bond acceptors (Lipinski definition) is 5. The van der Waals surface area contributed by atoms with E-state index in [0.717, 1.165) is 12.1 Å². The fraction of sp³-hybridized carbons (Fsp3) is 0.278. The van der Waals surface area contributed by atoms with Crippen LogP contribution < -0.4 is 10.1 Å². The standard InChI is InChI=1S/C18H17ClF3NO5S/c1-3-29(26,27)16-7-5-12(9-13(16)18(20,21)22)28-15-8-11(19)4-6-14(15)23-10(2)17(24)25/h4-10,23H,3H2,1-2H3,(H,24,25)/t10-/m0/s1. The zero-order chi connectivity index (χ0) is 22.0. The van der Waals surface area contributed by atoms with Crippen LogP contribution in [-0.2, 0) is 20.8 Å². The van der Waals surface area contributed by atoms with E-state index < -0.39 is 44.2 Å².